The van der Waals surface area contributed by atoms with Gasteiger partial charge in [0.25, 0.3) is 0 Å². The molecule has 2 heterocycles. The van der Waals surface area contributed by atoms with Crippen molar-refractivity contribution in [3.63, 3.8) is 0 Å². The Kier molecular flexibility index (Phi) is 6.66. The van der Waals surface area contributed by atoms with Gasteiger partial charge in [0.15, 0.2) is 0 Å². The standard InChI is InChI=1S/C17H22BrN3O2.ClH/c1-12-9-14(3-4-15(12)18)21-11-13(10-16(21)22)17(23)20-7-2-5-19-6-8-20;/h3-4,9,13,19H,2,5-8,10-11H2,1H3;1H. The molecule has 2 aliphatic heterocycles. The van der Waals surface area contributed by atoms with E-state index in [0.717, 1.165) is 48.3 Å². The Labute approximate surface area is 157 Å². The quantitative estimate of drug-likeness (QED) is 0.805. The van der Waals surface area contributed by atoms with Crippen LogP contribution in [0.15, 0.2) is 22.7 Å². The smallest absolute Gasteiger partial charge is 0.228 e. The maximum atomic E-state index is 12.7. The first-order chi connectivity index (χ1) is 11.1. The molecule has 0 aromatic heterocycles. The molecule has 2 aliphatic rings. The Hall–Kier alpha value is -1.11. The number of carbonyl (C=O) groups excluding carboxylic acids is 2. The van der Waals surface area contributed by atoms with Crippen LogP contribution in [0.2, 0.25) is 0 Å². The average Bonchev–Trinajstić information content (AvgIpc) is 2.75. The van der Waals surface area contributed by atoms with Crippen LogP contribution in [0.5, 0.6) is 0 Å². The van der Waals surface area contributed by atoms with Crippen LogP contribution in [0.1, 0.15) is 18.4 Å². The normalized spacial score (nSPS) is 21.4. The van der Waals surface area contributed by atoms with E-state index in [4.69, 9.17) is 0 Å². The van der Waals surface area contributed by atoms with Crippen LogP contribution >= 0.6 is 28.3 Å². The number of nitrogens with zero attached hydrogens (tertiary/aromatic N) is 2. The lowest BCUT2D eigenvalue weighted by Gasteiger charge is -2.23. The predicted molar refractivity (Wildman–Crippen MR) is 101 cm³/mol. The summed E-state index contributed by atoms with van der Waals surface area (Å²) in [4.78, 5) is 28.7. The van der Waals surface area contributed by atoms with Crippen LogP contribution < -0.4 is 10.2 Å². The predicted octanol–water partition coefficient (Wildman–Crippen LogP) is 2.35. The molecule has 7 heteroatoms. The summed E-state index contributed by atoms with van der Waals surface area (Å²) in [6.45, 7) is 5.80. The van der Waals surface area contributed by atoms with Crippen molar-refractivity contribution in [2.75, 3.05) is 37.6 Å². The van der Waals surface area contributed by atoms with Crippen molar-refractivity contribution in [2.45, 2.75) is 19.8 Å². The topological polar surface area (TPSA) is 52.7 Å². The lowest BCUT2D eigenvalue weighted by molar-refractivity contribution is -0.135. The second-order valence-corrected chi connectivity index (χ2v) is 7.12. The summed E-state index contributed by atoms with van der Waals surface area (Å²) in [6, 6.07) is 5.87. The molecule has 1 N–H and O–H groups in total. The number of benzene rings is 1. The Bertz CT molecular complexity index is 618. The summed E-state index contributed by atoms with van der Waals surface area (Å²) in [5, 5.41) is 3.30. The van der Waals surface area contributed by atoms with Crippen LogP contribution in [-0.4, -0.2) is 49.4 Å². The van der Waals surface area contributed by atoms with Crippen molar-refractivity contribution >= 4 is 45.8 Å². The molecule has 1 atom stereocenters. The van der Waals surface area contributed by atoms with Crippen LogP contribution in [0.4, 0.5) is 5.69 Å². The minimum Gasteiger partial charge on any atom is -0.341 e. The maximum absolute atomic E-state index is 12.7. The molecule has 1 aromatic rings. The van der Waals surface area contributed by atoms with E-state index in [0.29, 0.717) is 13.0 Å². The first-order valence-electron chi connectivity index (χ1n) is 8.12. The van der Waals surface area contributed by atoms with E-state index in [1.165, 1.54) is 0 Å². The van der Waals surface area contributed by atoms with Gasteiger partial charge in [-0.15, -0.1) is 12.4 Å². The zero-order valence-corrected chi connectivity index (χ0v) is 16.2. The van der Waals surface area contributed by atoms with Gasteiger partial charge in [-0.1, -0.05) is 15.9 Å². The third-order valence-corrected chi connectivity index (χ3v) is 5.47. The lowest BCUT2D eigenvalue weighted by atomic mass is 10.1. The molecule has 3 rings (SSSR count). The Morgan fingerprint density at radius 3 is 2.83 bits per heavy atom. The number of anilines is 1. The molecule has 1 aromatic carbocycles. The molecular formula is C17H23BrClN3O2. The van der Waals surface area contributed by atoms with Crippen molar-refractivity contribution in [3.05, 3.63) is 28.2 Å². The van der Waals surface area contributed by atoms with E-state index in [1.807, 2.05) is 30.0 Å². The fourth-order valence-electron chi connectivity index (χ4n) is 3.24. The van der Waals surface area contributed by atoms with Gasteiger partial charge in [0, 0.05) is 42.8 Å². The summed E-state index contributed by atoms with van der Waals surface area (Å²) >= 11 is 3.48. The van der Waals surface area contributed by atoms with E-state index in [9.17, 15) is 9.59 Å². The highest BCUT2D eigenvalue weighted by Crippen LogP contribution is 2.29. The number of aryl methyl sites for hydroxylation is 1. The van der Waals surface area contributed by atoms with Crippen molar-refractivity contribution in [3.8, 4) is 0 Å². The van der Waals surface area contributed by atoms with Gasteiger partial charge in [-0.2, -0.15) is 0 Å². The minimum atomic E-state index is -0.218. The molecule has 0 saturated carbocycles. The van der Waals surface area contributed by atoms with E-state index in [-0.39, 0.29) is 30.1 Å². The number of hydrogen-bond donors (Lipinski definition) is 1. The molecule has 0 spiro atoms. The molecule has 2 fully saturated rings. The summed E-state index contributed by atoms with van der Waals surface area (Å²) in [7, 11) is 0. The molecule has 0 radical (unpaired) electrons. The fraction of sp³-hybridized carbons (Fsp3) is 0.529. The monoisotopic (exact) mass is 415 g/mol. The summed E-state index contributed by atoms with van der Waals surface area (Å²) in [5.74, 6) is -0.0547. The largest absolute Gasteiger partial charge is 0.341 e. The summed E-state index contributed by atoms with van der Waals surface area (Å²) < 4.78 is 1.03. The van der Waals surface area contributed by atoms with Gasteiger partial charge in [0.1, 0.15) is 0 Å². The van der Waals surface area contributed by atoms with Gasteiger partial charge in [0.05, 0.1) is 5.92 Å². The summed E-state index contributed by atoms with van der Waals surface area (Å²) in [5.41, 5.74) is 1.97. The van der Waals surface area contributed by atoms with Gasteiger partial charge in [-0.3, -0.25) is 9.59 Å². The average molecular weight is 417 g/mol. The number of halogens is 2. The number of nitrogens with one attached hydrogen (secondary N) is 1. The van der Waals surface area contributed by atoms with Crippen LogP contribution in [-0.2, 0) is 9.59 Å². The molecule has 24 heavy (non-hydrogen) atoms. The zero-order chi connectivity index (χ0) is 16.4. The van der Waals surface area contributed by atoms with E-state index in [2.05, 4.69) is 21.2 Å². The molecule has 0 aliphatic carbocycles. The van der Waals surface area contributed by atoms with Gasteiger partial charge in [-0.05, 0) is 43.7 Å². The number of hydrogen-bond acceptors (Lipinski definition) is 3. The van der Waals surface area contributed by atoms with E-state index < -0.39 is 0 Å². The number of carbonyl (C=O) groups is 2. The van der Waals surface area contributed by atoms with E-state index >= 15 is 0 Å². The molecule has 2 amide bonds. The van der Waals surface area contributed by atoms with Crippen LogP contribution in [0.3, 0.4) is 0 Å². The van der Waals surface area contributed by atoms with Crippen LogP contribution in [0, 0.1) is 12.8 Å². The molecule has 0 bridgehead atoms. The summed E-state index contributed by atoms with van der Waals surface area (Å²) in [6.07, 6.45) is 1.29. The van der Waals surface area contributed by atoms with Gasteiger partial charge < -0.3 is 15.1 Å². The maximum Gasteiger partial charge on any atom is 0.228 e. The van der Waals surface area contributed by atoms with Crippen molar-refractivity contribution in [1.82, 2.24) is 10.2 Å². The highest BCUT2D eigenvalue weighted by atomic mass is 79.9. The zero-order valence-electron chi connectivity index (χ0n) is 13.8. The van der Waals surface area contributed by atoms with Gasteiger partial charge >= 0.3 is 0 Å². The molecule has 1 unspecified atom stereocenters. The van der Waals surface area contributed by atoms with Gasteiger partial charge in [0.2, 0.25) is 11.8 Å². The third kappa shape index (κ3) is 4.10. The van der Waals surface area contributed by atoms with Crippen LogP contribution in [0.25, 0.3) is 0 Å². The molecular weight excluding hydrogens is 394 g/mol. The first-order valence-corrected chi connectivity index (χ1v) is 8.91. The highest BCUT2D eigenvalue weighted by molar-refractivity contribution is 9.10. The number of amides is 2. The Morgan fingerprint density at radius 2 is 2.08 bits per heavy atom. The third-order valence-electron chi connectivity index (χ3n) is 4.58. The Morgan fingerprint density at radius 1 is 1.29 bits per heavy atom. The highest BCUT2D eigenvalue weighted by Gasteiger charge is 2.37. The van der Waals surface area contributed by atoms with Gasteiger partial charge in [-0.25, -0.2) is 0 Å². The molecule has 5 nitrogen and oxygen atoms in total. The Balaban J connectivity index is 0.00000208. The first kappa shape index (κ1) is 19.2. The van der Waals surface area contributed by atoms with Crippen molar-refractivity contribution in [1.29, 1.82) is 0 Å². The molecule has 2 saturated heterocycles. The molecule has 132 valence electrons. The second kappa shape index (κ2) is 8.32. The van der Waals surface area contributed by atoms with Crippen molar-refractivity contribution in [2.24, 2.45) is 5.92 Å². The SMILES string of the molecule is Cc1cc(N2CC(C(=O)N3CCCNCC3)CC2=O)ccc1Br.Cl. The van der Waals surface area contributed by atoms with Crippen molar-refractivity contribution < 1.29 is 9.59 Å². The minimum absolute atomic E-state index is 0. The fourth-order valence-corrected chi connectivity index (χ4v) is 3.49. The lowest BCUT2D eigenvalue weighted by Crippen LogP contribution is -2.39. The number of rotatable bonds is 2. The second-order valence-electron chi connectivity index (χ2n) is 6.27. The van der Waals surface area contributed by atoms with E-state index in [1.54, 1.807) is 4.90 Å².